The lowest BCUT2D eigenvalue weighted by molar-refractivity contribution is -0.384. The summed E-state index contributed by atoms with van der Waals surface area (Å²) in [5.41, 5.74) is 3.11. The molecule has 0 aliphatic rings. The summed E-state index contributed by atoms with van der Waals surface area (Å²) in [6, 6.07) is 12.7. The zero-order valence-corrected chi connectivity index (χ0v) is 14.5. The number of nitrogens with one attached hydrogen (secondary N) is 1. The van der Waals surface area contributed by atoms with E-state index in [2.05, 4.69) is 29.5 Å². The summed E-state index contributed by atoms with van der Waals surface area (Å²) in [5.74, 6) is -0.0623. The maximum atomic E-state index is 12.1. The molecule has 0 saturated heterocycles. The van der Waals surface area contributed by atoms with Crippen molar-refractivity contribution < 1.29 is 9.72 Å². The van der Waals surface area contributed by atoms with Crippen LogP contribution in [0.3, 0.4) is 0 Å². The number of nitro groups is 1. The van der Waals surface area contributed by atoms with Crippen LogP contribution in [-0.2, 0) is 17.8 Å². The number of carbonyl (C=O) groups excluding carboxylic acids is 1. The van der Waals surface area contributed by atoms with Crippen molar-refractivity contribution >= 4 is 22.5 Å². The highest BCUT2D eigenvalue weighted by Gasteiger charge is 2.11. The maximum Gasteiger partial charge on any atom is 0.271 e. The highest BCUT2D eigenvalue weighted by Crippen LogP contribution is 2.20. The molecule has 3 rings (SSSR count). The van der Waals surface area contributed by atoms with Gasteiger partial charge in [-0.2, -0.15) is 5.10 Å². The van der Waals surface area contributed by atoms with Gasteiger partial charge in [-0.15, -0.1) is 0 Å². The Morgan fingerprint density at radius 2 is 2.08 bits per heavy atom. The van der Waals surface area contributed by atoms with Crippen LogP contribution in [0.1, 0.15) is 17.5 Å². The first-order valence-electron chi connectivity index (χ1n) is 8.46. The van der Waals surface area contributed by atoms with E-state index in [1.54, 1.807) is 16.9 Å². The van der Waals surface area contributed by atoms with Gasteiger partial charge in [0.25, 0.3) is 5.69 Å². The minimum Gasteiger partial charge on any atom is -0.356 e. The second-order valence-electron chi connectivity index (χ2n) is 6.14. The summed E-state index contributed by atoms with van der Waals surface area (Å²) in [7, 11) is 0. The lowest BCUT2D eigenvalue weighted by Crippen LogP contribution is -2.26. The fourth-order valence-corrected chi connectivity index (χ4v) is 2.87. The number of non-ortho nitro benzene ring substituents is 1. The summed E-state index contributed by atoms with van der Waals surface area (Å²) in [4.78, 5) is 22.5. The number of benzene rings is 2. The lowest BCUT2D eigenvalue weighted by atomic mass is 10.1. The summed E-state index contributed by atoms with van der Waals surface area (Å²) >= 11 is 0. The lowest BCUT2D eigenvalue weighted by Gasteiger charge is -2.08. The van der Waals surface area contributed by atoms with Crippen LogP contribution in [0.15, 0.2) is 48.7 Å². The largest absolute Gasteiger partial charge is 0.356 e. The van der Waals surface area contributed by atoms with Gasteiger partial charge in [-0.05, 0) is 30.5 Å². The minimum atomic E-state index is -0.435. The van der Waals surface area contributed by atoms with Crippen LogP contribution >= 0.6 is 0 Å². The van der Waals surface area contributed by atoms with Crippen molar-refractivity contribution in [1.82, 2.24) is 15.1 Å². The van der Waals surface area contributed by atoms with E-state index >= 15 is 0 Å². The van der Waals surface area contributed by atoms with Crippen molar-refractivity contribution in [3.63, 3.8) is 0 Å². The van der Waals surface area contributed by atoms with Gasteiger partial charge >= 0.3 is 0 Å². The molecular formula is C19H20N4O3. The predicted octanol–water partition coefficient (Wildman–Crippen LogP) is 3.00. The van der Waals surface area contributed by atoms with Crippen molar-refractivity contribution in [3.8, 4) is 0 Å². The molecule has 0 radical (unpaired) electrons. The van der Waals surface area contributed by atoms with E-state index in [-0.39, 0.29) is 18.0 Å². The first-order valence-corrected chi connectivity index (χ1v) is 8.46. The SMILES string of the molecule is Cc1ccccc1CCNC(=O)CCn1ncc2ccc([N+](=O)[O-])cc21. The van der Waals surface area contributed by atoms with Crippen LogP contribution in [0.25, 0.3) is 10.9 Å². The number of fused-ring (bicyclic) bond motifs is 1. The molecule has 1 aromatic heterocycles. The fourth-order valence-electron chi connectivity index (χ4n) is 2.87. The highest BCUT2D eigenvalue weighted by atomic mass is 16.6. The molecule has 1 heterocycles. The van der Waals surface area contributed by atoms with Gasteiger partial charge in [0.2, 0.25) is 5.91 Å². The monoisotopic (exact) mass is 352 g/mol. The quantitative estimate of drug-likeness (QED) is 0.523. The molecule has 0 atom stereocenters. The van der Waals surface area contributed by atoms with E-state index in [0.717, 1.165) is 11.8 Å². The van der Waals surface area contributed by atoms with E-state index < -0.39 is 4.92 Å². The molecule has 0 aliphatic heterocycles. The van der Waals surface area contributed by atoms with Crippen LogP contribution in [0, 0.1) is 17.0 Å². The van der Waals surface area contributed by atoms with Gasteiger partial charge in [-0.3, -0.25) is 19.6 Å². The molecule has 1 amide bonds. The number of amides is 1. The molecular weight excluding hydrogens is 332 g/mol. The molecule has 0 fully saturated rings. The zero-order chi connectivity index (χ0) is 18.5. The Kier molecular flexibility index (Phi) is 5.26. The Balaban J connectivity index is 1.54. The van der Waals surface area contributed by atoms with Gasteiger partial charge in [-0.25, -0.2) is 0 Å². The molecule has 0 spiro atoms. The molecule has 1 N–H and O–H groups in total. The Bertz CT molecular complexity index is 949. The van der Waals surface area contributed by atoms with E-state index in [0.29, 0.717) is 18.6 Å². The molecule has 0 saturated carbocycles. The summed E-state index contributed by atoms with van der Waals surface area (Å²) in [6.07, 6.45) is 2.71. The third-order valence-electron chi connectivity index (χ3n) is 4.37. The van der Waals surface area contributed by atoms with Gasteiger partial charge < -0.3 is 5.32 Å². The first kappa shape index (κ1) is 17.6. The van der Waals surface area contributed by atoms with Crippen molar-refractivity contribution in [2.45, 2.75) is 26.3 Å². The topological polar surface area (TPSA) is 90.1 Å². The van der Waals surface area contributed by atoms with Crippen LogP contribution in [-0.4, -0.2) is 27.2 Å². The third-order valence-corrected chi connectivity index (χ3v) is 4.37. The second kappa shape index (κ2) is 7.77. The fraction of sp³-hybridized carbons (Fsp3) is 0.263. The molecule has 0 unspecified atom stereocenters. The molecule has 0 aliphatic carbocycles. The number of carbonyl (C=O) groups is 1. The van der Waals surface area contributed by atoms with Gasteiger partial charge in [-0.1, -0.05) is 24.3 Å². The Morgan fingerprint density at radius 1 is 1.27 bits per heavy atom. The van der Waals surface area contributed by atoms with Gasteiger partial charge in [0.05, 0.1) is 23.2 Å². The Labute approximate surface area is 150 Å². The normalized spacial score (nSPS) is 10.8. The van der Waals surface area contributed by atoms with E-state index in [4.69, 9.17) is 0 Å². The number of aryl methyl sites for hydroxylation is 2. The predicted molar refractivity (Wildman–Crippen MR) is 98.9 cm³/mol. The van der Waals surface area contributed by atoms with E-state index in [9.17, 15) is 14.9 Å². The molecule has 134 valence electrons. The van der Waals surface area contributed by atoms with Crippen molar-refractivity contribution in [1.29, 1.82) is 0 Å². The maximum absolute atomic E-state index is 12.1. The molecule has 7 heteroatoms. The van der Waals surface area contributed by atoms with Crippen LogP contribution < -0.4 is 5.32 Å². The molecule has 26 heavy (non-hydrogen) atoms. The number of nitrogens with zero attached hydrogens (tertiary/aromatic N) is 3. The van der Waals surface area contributed by atoms with Crippen molar-refractivity contribution in [2.24, 2.45) is 0 Å². The van der Waals surface area contributed by atoms with Crippen LogP contribution in [0.4, 0.5) is 5.69 Å². The average molecular weight is 352 g/mol. The zero-order valence-electron chi connectivity index (χ0n) is 14.5. The van der Waals surface area contributed by atoms with Gasteiger partial charge in [0.15, 0.2) is 0 Å². The van der Waals surface area contributed by atoms with Crippen LogP contribution in [0.5, 0.6) is 0 Å². The second-order valence-corrected chi connectivity index (χ2v) is 6.14. The standard InChI is InChI=1S/C19H20N4O3/c1-14-4-2-3-5-15(14)8-10-20-19(24)9-11-22-18-12-17(23(25)26)7-6-16(18)13-21-22/h2-7,12-13H,8-11H2,1H3,(H,20,24). The van der Waals surface area contributed by atoms with E-state index in [1.165, 1.54) is 23.3 Å². The number of hydrogen-bond donors (Lipinski definition) is 1. The minimum absolute atomic E-state index is 0.0157. The number of hydrogen-bond acceptors (Lipinski definition) is 4. The third kappa shape index (κ3) is 4.05. The number of nitro benzene ring substituents is 1. The molecule has 2 aromatic carbocycles. The van der Waals surface area contributed by atoms with Crippen molar-refractivity contribution in [2.75, 3.05) is 6.54 Å². The van der Waals surface area contributed by atoms with Crippen LogP contribution in [0.2, 0.25) is 0 Å². The molecule has 0 bridgehead atoms. The molecule has 3 aromatic rings. The summed E-state index contributed by atoms with van der Waals surface area (Å²) in [6.45, 7) is 3.01. The highest BCUT2D eigenvalue weighted by molar-refractivity contribution is 5.81. The van der Waals surface area contributed by atoms with Crippen molar-refractivity contribution in [3.05, 3.63) is 69.9 Å². The smallest absolute Gasteiger partial charge is 0.271 e. The molecule has 7 nitrogen and oxygen atoms in total. The van der Waals surface area contributed by atoms with Gasteiger partial charge in [0, 0.05) is 30.5 Å². The average Bonchev–Trinajstić information content (AvgIpc) is 3.04. The summed E-state index contributed by atoms with van der Waals surface area (Å²) in [5, 5.41) is 18.9. The first-order chi connectivity index (χ1) is 12.5. The number of rotatable bonds is 7. The van der Waals surface area contributed by atoms with E-state index in [1.807, 2.05) is 12.1 Å². The Hall–Kier alpha value is -3.22. The van der Waals surface area contributed by atoms with Gasteiger partial charge in [0.1, 0.15) is 0 Å². The number of aromatic nitrogens is 2. The summed E-state index contributed by atoms with van der Waals surface area (Å²) < 4.78 is 1.63. The Morgan fingerprint density at radius 3 is 2.85 bits per heavy atom.